The van der Waals surface area contributed by atoms with Crippen molar-refractivity contribution in [2.24, 2.45) is 11.8 Å². The second kappa shape index (κ2) is 10.3. The Kier molecular flexibility index (Phi) is 7.31. The van der Waals surface area contributed by atoms with Crippen LogP contribution in [0.5, 0.6) is 0 Å². The Labute approximate surface area is 244 Å². The van der Waals surface area contributed by atoms with Gasteiger partial charge in [-0.15, -0.1) is 0 Å². The van der Waals surface area contributed by atoms with Gasteiger partial charge in [0.25, 0.3) is 0 Å². The van der Waals surface area contributed by atoms with Gasteiger partial charge in [0.15, 0.2) is 0 Å². The molecule has 0 saturated carbocycles. The molecule has 0 spiro atoms. The number of hydrogen-bond acceptors (Lipinski definition) is 5. The van der Waals surface area contributed by atoms with Crippen LogP contribution in [-0.2, 0) is 37.0 Å². The SMILES string of the molecule is COC(=O)[C@@H]1NC(c2ccc(C(F)(F)F)cc2)(c2ccc(C(F)(F)F)cc2)[C@@H]2C(=O)N(c3ccc(Cl)cc3Cl)C(=O)[C@@H]21. The predicted octanol–water partition coefficient (Wildman–Crippen LogP) is 6.23. The van der Waals surface area contributed by atoms with Gasteiger partial charge in [0.1, 0.15) is 6.04 Å². The molecule has 1 N–H and O–H groups in total. The Bertz CT molecular complexity index is 1520. The highest BCUT2D eigenvalue weighted by Crippen LogP contribution is 2.53. The van der Waals surface area contributed by atoms with Gasteiger partial charge >= 0.3 is 18.3 Å². The number of rotatable bonds is 4. The number of carbonyl (C=O) groups excluding carboxylic acids is 3. The summed E-state index contributed by atoms with van der Waals surface area (Å²) in [6, 6.07) is 9.54. The maximum atomic E-state index is 14.2. The van der Waals surface area contributed by atoms with Gasteiger partial charge in [0, 0.05) is 5.02 Å². The molecule has 220 valence electrons. The summed E-state index contributed by atoms with van der Waals surface area (Å²) in [6.07, 6.45) is -9.44. The molecule has 3 aromatic rings. The number of esters is 1. The number of carbonyl (C=O) groups is 3. The van der Waals surface area contributed by atoms with Gasteiger partial charge in [0.05, 0.1) is 46.3 Å². The lowest BCUT2D eigenvalue weighted by atomic mass is 9.71. The molecule has 14 heteroatoms. The van der Waals surface area contributed by atoms with E-state index in [4.69, 9.17) is 27.9 Å². The lowest BCUT2D eigenvalue weighted by Crippen LogP contribution is -2.52. The molecule has 5 rings (SSSR count). The molecule has 2 fully saturated rings. The fraction of sp³-hybridized carbons (Fsp3) is 0.250. The molecule has 2 saturated heterocycles. The van der Waals surface area contributed by atoms with Crippen molar-refractivity contribution in [2.45, 2.75) is 23.9 Å². The van der Waals surface area contributed by atoms with E-state index in [2.05, 4.69) is 5.32 Å². The molecule has 0 aromatic heterocycles. The lowest BCUT2D eigenvalue weighted by molar-refractivity contribution is -0.145. The van der Waals surface area contributed by atoms with Gasteiger partial charge < -0.3 is 4.74 Å². The summed E-state index contributed by atoms with van der Waals surface area (Å²) < 4.78 is 85.3. The molecule has 3 atom stereocenters. The number of benzene rings is 3. The number of amides is 2. The topological polar surface area (TPSA) is 75.7 Å². The zero-order valence-electron chi connectivity index (χ0n) is 21.2. The van der Waals surface area contributed by atoms with E-state index in [9.17, 15) is 40.7 Å². The normalized spacial score (nSPS) is 21.9. The monoisotopic (exact) mass is 630 g/mol. The van der Waals surface area contributed by atoms with Gasteiger partial charge in [-0.25, -0.2) is 4.90 Å². The standard InChI is InChI=1S/C28H18Cl2F6N2O4/c1-42-25(41)22-20-21(24(40)38(23(20)39)19-11-10-17(29)12-18(19)30)26(37-22,13-2-6-15(7-3-13)27(31,32)33)14-4-8-16(9-5-14)28(34,35)36/h2-12,20-22,37H,1H3/t20-,21-,22+/m0/s1. The minimum Gasteiger partial charge on any atom is -0.468 e. The number of nitrogens with one attached hydrogen (secondary N) is 1. The molecule has 0 radical (unpaired) electrons. The fourth-order valence-electron chi connectivity index (χ4n) is 5.68. The number of methoxy groups -OCH3 is 1. The molecule has 0 unspecified atom stereocenters. The van der Waals surface area contributed by atoms with Crippen LogP contribution in [0.3, 0.4) is 0 Å². The quantitative estimate of drug-likeness (QED) is 0.210. The van der Waals surface area contributed by atoms with Crippen LogP contribution >= 0.6 is 23.2 Å². The first-order valence-corrected chi connectivity index (χ1v) is 12.9. The Morgan fingerprint density at radius 3 is 1.76 bits per heavy atom. The van der Waals surface area contributed by atoms with E-state index < -0.39 is 64.7 Å². The second-order valence-electron chi connectivity index (χ2n) is 9.71. The highest BCUT2D eigenvalue weighted by atomic mass is 35.5. The zero-order chi connectivity index (χ0) is 30.8. The molecule has 42 heavy (non-hydrogen) atoms. The molecule has 2 aliphatic rings. The zero-order valence-corrected chi connectivity index (χ0v) is 22.7. The summed E-state index contributed by atoms with van der Waals surface area (Å²) >= 11 is 12.3. The van der Waals surface area contributed by atoms with Crippen molar-refractivity contribution >= 4 is 46.7 Å². The van der Waals surface area contributed by atoms with Gasteiger partial charge in [0.2, 0.25) is 11.8 Å². The first-order valence-electron chi connectivity index (χ1n) is 12.1. The fourth-order valence-corrected chi connectivity index (χ4v) is 6.17. The lowest BCUT2D eigenvalue weighted by Gasteiger charge is -2.36. The minimum absolute atomic E-state index is 0.0122. The van der Waals surface area contributed by atoms with E-state index in [-0.39, 0.29) is 26.9 Å². The Morgan fingerprint density at radius 2 is 1.33 bits per heavy atom. The van der Waals surface area contributed by atoms with E-state index in [0.717, 1.165) is 60.5 Å². The molecule has 0 aliphatic carbocycles. The Hall–Kier alpha value is -3.61. The molecule has 2 heterocycles. The minimum atomic E-state index is -4.72. The van der Waals surface area contributed by atoms with Gasteiger partial charge in [-0.2, -0.15) is 26.3 Å². The van der Waals surface area contributed by atoms with Crippen LogP contribution in [0.1, 0.15) is 22.3 Å². The van der Waals surface area contributed by atoms with Crippen molar-refractivity contribution in [3.05, 3.63) is 99.0 Å². The summed E-state index contributed by atoms with van der Waals surface area (Å²) in [6.45, 7) is 0. The van der Waals surface area contributed by atoms with Crippen LogP contribution in [0.25, 0.3) is 0 Å². The summed E-state index contributed by atoms with van der Waals surface area (Å²) in [5, 5.41) is 3.02. The van der Waals surface area contributed by atoms with E-state index in [1.807, 2.05) is 0 Å². The molecular weight excluding hydrogens is 613 g/mol. The number of imide groups is 1. The van der Waals surface area contributed by atoms with Crippen molar-refractivity contribution in [3.63, 3.8) is 0 Å². The molecule has 2 aliphatic heterocycles. The van der Waals surface area contributed by atoms with Crippen LogP contribution in [0.4, 0.5) is 32.0 Å². The summed E-state index contributed by atoms with van der Waals surface area (Å²) in [4.78, 5) is 41.7. The number of anilines is 1. The van der Waals surface area contributed by atoms with Gasteiger partial charge in [-0.05, 0) is 53.6 Å². The average molecular weight is 631 g/mol. The summed E-state index contributed by atoms with van der Waals surface area (Å²) in [5.41, 5.74) is -4.10. The van der Waals surface area contributed by atoms with Crippen LogP contribution in [0.2, 0.25) is 10.0 Å². The second-order valence-corrected chi connectivity index (χ2v) is 10.6. The number of ether oxygens (including phenoxy) is 1. The first-order chi connectivity index (χ1) is 19.6. The van der Waals surface area contributed by atoms with Gasteiger partial charge in [-0.3, -0.25) is 19.7 Å². The number of halogens is 8. The Morgan fingerprint density at radius 1 is 0.833 bits per heavy atom. The van der Waals surface area contributed by atoms with E-state index in [1.165, 1.54) is 18.2 Å². The third-order valence-corrected chi connectivity index (χ3v) is 8.04. The van der Waals surface area contributed by atoms with Gasteiger partial charge in [-0.1, -0.05) is 47.5 Å². The van der Waals surface area contributed by atoms with Crippen molar-refractivity contribution in [1.29, 1.82) is 0 Å². The first kappa shape index (κ1) is 29.9. The summed E-state index contributed by atoms with van der Waals surface area (Å²) in [5.74, 6) is -5.74. The molecular formula is C28H18Cl2F6N2O4. The number of nitrogens with zero attached hydrogens (tertiary/aromatic N) is 1. The highest BCUT2D eigenvalue weighted by Gasteiger charge is 2.68. The predicted molar refractivity (Wildman–Crippen MR) is 139 cm³/mol. The number of hydrogen-bond donors (Lipinski definition) is 1. The average Bonchev–Trinajstić information content (AvgIpc) is 3.42. The van der Waals surface area contributed by atoms with Crippen LogP contribution in [0.15, 0.2) is 66.7 Å². The van der Waals surface area contributed by atoms with Crippen LogP contribution in [-0.4, -0.2) is 30.9 Å². The van der Waals surface area contributed by atoms with Crippen molar-refractivity contribution in [1.82, 2.24) is 5.32 Å². The Balaban J connectivity index is 1.76. The van der Waals surface area contributed by atoms with Crippen molar-refractivity contribution in [2.75, 3.05) is 12.0 Å². The number of alkyl halides is 6. The van der Waals surface area contributed by atoms with Crippen molar-refractivity contribution in [3.8, 4) is 0 Å². The molecule has 2 amide bonds. The maximum absolute atomic E-state index is 14.2. The van der Waals surface area contributed by atoms with E-state index in [1.54, 1.807) is 0 Å². The van der Waals surface area contributed by atoms with E-state index in [0.29, 0.717) is 0 Å². The largest absolute Gasteiger partial charge is 0.468 e. The molecule has 0 bridgehead atoms. The third-order valence-electron chi connectivity index (χ3n) is 7.50. The third kappa shape index (κ3) is 4.71. The van der Waals surface area contributed by atoms with E-state index >= 15 is 0 Å². The summed E-state index contributed by atoms with van der Waals surface area (Å²) in [7, 11) is 1.03. The molecule has 3 aromatic carbocycles. The molecule has 6 nitrogen and oxygen atoms in total. The van der Waals surface area contributed by atoms with Crippen LogP contribution in [0, 0.1) is 11.8 Å². The smallest absolute Gasteiger partial charge is 0.416 e. The van der Waals surface area contributed by atoms with Crippen LogP contribution < -0.4 is 10.2 Å². The number of fused-ring (bicyclic) bond motifs is 1. The van der Waals surface area contributed by atoms with Crippen molar-refractivity contribution < 1.29 is 45.5 Å². The highest BCUT2D eigenvalue weighted by molar-refractivity contribution is 6.38. The maximum Gasteiger partial charge on any atom is 0.416 e.